The molecule has 0 rings (SSSR count). The number of nitriles is 2. The Balaban J connectivity index is 5.24. The lowest BCUT2D eigenvalue weighted by Crippen LogP contribution is -2.30. The van der Waals surface area contributed by atoms with Crippen LogP contribution < -0.4 is 0 Å². The summed E-state index contributed by atoms with van der Waals surface area (Å²) in [6.07, 6.45) is 1.22. The SMILES string of the molecule is CC(C)(C)CC(C)(C#N)N=NC(C)(C#N)CC(C)(C)C. The minimum absolute atomic E-state index is 0.0173. The van der Waals surface area contributed by atoms with E-state index in [0.717, 1.165) is 0 Å². The molecule has 0 aromatic rings. The number of rotatable bonds is 4. The predicted octanol–water partition coefficient (Wildman–Crippen LogP) is 4.88. The van der Waals surface area contributed by atoms with E-state index in [2.05, 4.69) is 63.9 Å². The van der Waals surface area contributed by atoms with Crippen molar-refractivity contribution in [3.63, 3.8) is 0 Å². The van der Waals surface area contributed by atoms with Gasteiger partial charge in [-0.25, -0.2) is 0 Å². The molecule has 0 aliphatic rings. The summed E-state index contributed by atoms with van der Waals surface area (Å²) in [5, 5.41) is 27.2. The van der Waals surface area contributed by atoms with Crippen molar-refractivity contribution in [2.75, 3.05) is 0 Å². The van der Waals surface area contributed by atoms with Gasteiger partial charge in [-0.15, -0.1) is 0 Å². The van der Waals surface area contributed by atoms with Crippen LogP contribution in [-0.2, 0) is 0 Å². The molecule has 0 aliphatic heterocycles. The van der Waals surface area contributed by atoms with E-state index in [0.29, 0.717) is 12.8 Å². The molecule has 0 aromatic carbocycles. The third kappa shape index (κ3) is 7.24. The van der Waals surface area contributed by atoms with Gasteiger partial charge < -0.3 is 0 Å². The predicted molar refractivity (Wildman–Crippen MR) is 81.0 cm³/mol. The van der Waals surface area contributed by atoms with Crippen LogP contribution in [0.25, 0.3) is 0 Å². The minimum atomic E-state index is -0.881. The molecular formula is C16H28N4. The van der Waals surface area contributed by atoms with Crippen LogP contribution >= 0.6 is 0 Å². The number of azo groups is 1. The third-order valence-corrected chi connectivity index (χ3v) is 2.72. The van der Waals surface area contributed by atoms with Gasteiger partial charge in [0.15, 0.2) is 11.1 Å². The van der Waals surface area contributed by atoms with Crippen LogP contribution in [0.4, 0.5) is 0 Å². The number of hydrogen-bond acceptors (Lipinski definition) is 4. The fraction of sp³-hybridized carbons (Fsp3) is 0.875. The van der Waals surface area contributed by atoms with Crippen molar-refractivity contribution in [1.29, 1.82) is 10.5 Å². The van der Waals surface area contributed by atoms with E-state index < -0.39 is 11.1 Å². The average molecular weight is 276 g/mol. The topological polar surface area (TPSA) is 72.3 Å². The van der Waals surface area contributed by atoms with Gasteiger partial charge in [0.1, 0.15) is 0 Å². The molecule has 2 unspecified atom stereocenters. The van der Waals surface area contributed by atoms with Crippen molar-refractivity contribution >= 4 is 0 Å². The lowest BCUT2D eigenvalue weighted by Gasteiger charge is -2.29. The molecule has 0 bridgehead atoms. The van der Waals surface area contributed by atoms with Crippen LogP contribution in [0.3, 0.4) is 0 Å². The van der Waals surface area contributed by atoms with Gasteiger partial charge in [0.2, 0.25) is 0 Å². The van der Waals surface area contributed by atoms with Gasteiger partial charge in [0, 0.05) is 0 Å². The summed E-state index contributed by atoms with van der Waals surface area (Å²) >= 11 is 0. The molecule has 0 saturated heterocycles. The molecule has 0 aromatic heterocycles. The smallest absolute Gasteiger partial charge is 0.165 e. The molecule has 0 aliphatic carbocycles. The van der Waals surface area contributed by atoms with E-state index >= 15 is 0 Å². The van der Waals surface area contributed by atoms with Crippen LogP contribution in [0.2, 0.25) is 0 Å². The largest absolute Gasteiger partial charge is 0.196 e. The van der Waals surface area contributed by atoms with Crippen molar-refractivity contribution in [3.8, 4) is 12.1 Å². The second-order valence-corrected chi connectivity index (χ2v) is 8.45. The first kappa shape index (κ1) is 18.6. The summed E-state index contributed by atoms with van der Waals surface area (Å²) in [6.45, 7) is 15.9. The van der Waals surface area contributed by atoms with Crippen molar-refractivity contribution < 1.29 is 0 Å². The number of nitrogens with zero attached hydrogens (tertiary/aromatic N) is 4. The highest BCUT2D eigenvalue weighted by atomic mass is 15.2. The van der Waals surface area contributed by atoms with Gasteiger partial charge >= 0.3 is 0 Å². The van der Waals surface area contributed by atoms with E-state index in [1.807, 2.05) is 0 Å². The number of hydrogen-bond donors (Lipinski definition) is 0. The lowest BCUT2D eigenvalue weighted by atomic mass is 9.81. The zero-order valence-electron chi connectivity index (χ0n) is 14.2. The van der Waals surface area contributed by atoms with Gasteiger partial charge in [0.05, 0.1) is 12.1 Å². The van der Waals surface area contributed by atoms with Crippen molar-refractivity contribution in [2.45, 2.75) is 79.3 Å². The Morgan fingerprint density at radius 2 is 0.900 bits per heavy atom. The Morgan fingerprint density at radius 3 is 1.05 bits per heavy atom. The fourth-order valence-corrected chi connectivity index (χ4v) is 2.48. The second kappa shape index (κ2) is 5.92. The quantitative estimate of drug-likeness (QED) is 0.687. The van der Waals surface area contributed by atoms with Crippen LogP contribution in [-0.4, -0.2) is 11.1 Å². The molecule has 0 saturated carbocycles. The summed E-state index contributed by atoms with van der Waals surface area (Å²) < 4.78 is 0. The normalized spacial score (nSPS) is 18.9. The molecule has 0 fully saturated rings. The van der Waals surface area contributed by atoms with Crippen LogP contribution in [0.5, 0.6) is 0 Å². The van der Waals surface area contributed by atoms with E-state index in [9.17, 15) is 10.5 Å². The Hall–Kier alpha value is -1.42. The summed E-state index contributed by atoms with van der Waals surface area (Å²) in [6, 6.07) is 4.45. The average Bonchev–Trinajstić information content (AvgIpc) is 2.22. The molecule has 2 atom stereocenters. The minimum Gasteiger partial charge on any atom is -0.196 e. The molecule has 20 heavy (non-hydrogen) atoms. The highest BCUT2D eigenvalue weighted by molar-refractivity contribution is 5.09. The van der Waals surface area contributed by atoms with E-state index in [1.165, 1.54) is 0 Å². The van der Waals surface area contributed by atoms with Gasteiger partial charge in [-0.3, -0.25) is 0 Å². The third-order valence-electron chi connectivity index (χ3n) is 2.72. The van der Waals surface area contributed by atoms with Crippen molar-refractivity contribution in [3.05, 3.63) is 0 Å². The summed E-state index contributed by atoms with van der Waals surface area (Å²) in [7, 11) is 0. The molecule has 4 heteroatoms. The first-order chi connectivity index (χ1) is 8.74. The zero-order valence-corrected chi connectivity index (χ0v) is 14.2. The highest BCUT2D eigenvalue weighted by Gasteiger charge is 2.34. The van der Waals surface area contributed by atoms with E-state index in [1.54, 1.807) is 13.8 Å². The molecular weight excluding hydrogens is 248 g/mol. The molecule has 0 spiro atoms. The maximum atomic E-state index is 9.36. The summed E-state index contributed by atoms with van der Waals surface area (Å²) in [5.74, 6) is 0. The van der Waals surface area contributed by atoms with Gasteiger partial charge in [0.25, 0.3) is 0 Å². The molecule has 0 N–H and O–H groups in total. The molecule has 0 radical (unpaired) electrons. The maximum absolute atomic E-state index is 9.36. The van der Waals surface area contributed by atoms with E-state index in [-0.39, 0.29) is 10.8 Å². The fourth-order valence-electron chi connectivity index (χ4n) is 2.48. The summed E-state index contributed by atoms with van der Waals surface area (Å²) in [5.41, 5.74) is -1.80. The molecule has 4 nitrogen and oxygen atoms in total. The first-order valence-electron chi connectivity index (χ1n) is 7.01. The summed E-state index contributed by atoms with van der Waals surface area (Å²) in [4.78, 5) is 0. The Morgan fingerprint density at radius 1 is 0.650 bits per heavy atom. The highest BCUT2D eigenvalue weighted by Crippen LogP contribution is 2.33. The standard InChI is InChI=1S/C16H28N4/c1-13(2,3)9-15(7,11-17)19-20-16(8,12-18)10-14(4,5)6/h9-10H2,1-8H3. The van der Waals surface area contributed by atoms with Crippen LogP contribution in [0, 0.1) is 33.5 Å². The Kier molecular flexibility index (Phi) is 5.50. The van der Waals surface area contributed by atoms with Gasteiger partial charge in [-0.2, -0.15) is 20.8 Å². The lowest BCUT2D eigenvalue weighted by molar-refractivity contribution is 0.279. The van der Waals surface area contributed by atoms with Crippen LogP contribution in [0.1, 0.15) is 68.2 Å². The molecule has 0 heterocycles. The Labute approximate surface area is 123 Å². The monoisotopic (exact) mass is 276 g/mol. The Bertz CT molecular complexity index is 397. The van der Waals surface area contributed by atoms with Gasteiger partial charge in [-0.05, 0) is 37.5 Å². The molecule has 112 valence electrons. The zero-order chi connectivity index (χ0) is 16.2. The second-order valence-electron chi connectivity index (χ2n) is 8.45. The van der Waals surface area contributed by atoms with Crippen molar-refractivity contribution in [1.82, 2.24) is 0 Å². The van der Waals surface area contributed by atoms with Gasteiger partial charge in [-0.1, -0.05) is 41.5 Å². The molecule has 0 amide bonds. The van der Waals surface area contributed by atoms with E-state index in [4.69, 9.17) is 0 Å². The maximum Gasteiger partial charge on any atom is 0.165 e. The van der Waals surface area contributed by atoms with Crippen molar-refractivity contribution in [2.24, 2.45) is 21.1 Å². The first-order valence-corrected chi connectivity index (χ1v) is 7.01. The van der Waals surface area contributed by atoms with Crippen LogP contribution in [0.15, 0.2) is 10.2 Å².